The Labute approximate surface area is 146 Å². The minimum absolute atomic E-state index is 0.0577. The average molecular weight is 345 g/mol. The first-order valence-electron chi connectivity index (χ1n) is 8.33. The topological polar surface area (TPSA) is 74.2 Å². The zero-order valence-corrected chi connectivity index (χ0v) is 14.4. The van der Waals surface area contributed by atoms with E-state index >= 15 is 0 Å². The third kappa shape index (κ3) is 4.41. The van der Waals surface area contributed by atoms with Gasteiger partial charge in [0.1, 0.15) is 5.01 Å². The molecular formula is C18H23N3O2S. The highest BCUT2D eigenvalue weighted by Gasteiger charge is 2.32. The molecule has 1 fully saturated rings. The normalized spacial score (nSPS) is 16.2. The van der Waals surface area contributed by atoms with Crippen LogP contribution in [-0.2, 0) is 17.8 Å². The number of amides is 1. The van der Waals surface area contributed by atoms with Gasteiger partial charge in [-0.05, 0) is 25.0 Å². The van der Waals surface area contributed by atoms with Gasteiger partial charge in [0, 0.05) is 23.2 Å². The van der Waals surface area contributed by atoms with Crippen LogP contribution in [0.15, 0.2) is 35.7 Å². The molecule has 0 atom stereocenters. The fraction of sp³-hybridized carbons (Fsp3) is 0.444. The highest BCUT2D eigenvalue weighted by molar-refractivity contribution is 7.09. The summed E-state index contributed by atoms with van der Waals surface area (Å²) in [6.07, 6.45) is 4.63. The van der Waals surface area contributed by atoms with Crippen LogP contribution in [-0.4, -0.2) is 28.1 Å². The summed E-state index contributed by atoms with van der Waals surface area (Å²) >= 11 is 1.50. The monoisotopic (exact) mass is 345 g/mol. The summed E-state index contributed by atoms with van der Waals surface area (Å²) in [5, 5.41) is 18.8. The van der Waals surface area contributed by atoms with Crippen LogP contribution in [0.1, 0.15) is 36.4 Å². The molecule has 0 saturated heterocycles. The first-order chi connectivity index (χ1) is 11.7. The molecular weight excluding hydrogens is 322 g/mol. The SMILES string of the molecule is O=C(Cc1nc(CNC2(CO)CCCC2)cs1)Nc1ccccc1. The van der Waals surface area contributed by atoms with Gasteiger partial charge in [0.2, 0.25) is 5.91 Å². The van der Waals surface area contributed by atoms with Gasteiger partial charge in [-0.15, -0.1) is 11.3 Å². The first kappa shape index (κ1) is 17.1. The van der Waals surface area contributed by atoms with Crippen LogP contribution in [0.25, 0.3) is 0 Å². The van der Waals surface area contributed by atoms with E-state index in [0.717, 1.165) is 42.1 Å². The Balaban J connectivity index is 1.51. The number of thiazole rings is 1. The molecule has 0 spiro atoms. The second-order valence-electron chi connectivity index (χ2n) is 6.32. The molecule has 1 aliphatic rings. The zero-order chi connectivity index (χ0) is 16.8. The number of aromatic nitrogens is 1. The van der Waals surface area contributed by atoms with Crippen molar-refractivity contribution in [3.05, 3.63) is 46.4 Å². The molecule has 3 N–H and O–H groups in total. The predicted molar refractivity (Wildman–Crippen MR) is 96.0 cm³/mol. The molecule has 0 unspecified atom stereocenters. The van der Waals surface area contributed by atoms with E-state index in [4.69, 9.17) is 0 Å². The van der Waals surface area contributed by atoms with E-state index in [0.29, 0.717) is 6.54 Å². The average Bonchev–Trinajstić information content (AvgIpc) is 3.24. The fourth-order valence-electron chi connectivity index (χ4n) is 3.10. The highest BCUT2D eigenvalue weighted by atomic mass is 32.1. The van der Waals surface area contributed by atoms with Crippen molar-refractivity contribution in [1.82, 2.24) is 10.3 Å². The molecule has 1 heterocycles. The van der Waals surface area contributed by atoms with Crippen LogP contribution in [0.4, 0.5) is 5.69 Å². The van der Waals surface area contributed by atoms with Gasteiger partial charge in [-0.1, -0.05) is 31.0 Å². The van der Waals surface area contributed by atoms with Gasteiger partial charge in [0.25, 0.3) is 0 Å². The Morgan fingerprint density at radius 2 is 2.00 bits per heavy atom. The molecule has 1 amide bonds. The number of aliphatic hydroxyl groups is 1. The van der Waals surface area contributed by atoms with Gasteiger partial charge in [0.15, 0.2) is 0 Å². The number of rotatable bonds is 7. The van der Waals surface area contributed by atoms with Crippen molar-refractivity contribution < 1.29 is 9.90 Å². The van der Waals surface area contributed by atoms with Gasteiger partial charge in [-0.25, -0.2) is 4.98 Å². The van der Waals surface area contributed by atoms with Crippen LogP contribution in [0.2, 0.25) is 0 Å². The lowest BCUT2D eigenvalue weighted by Crippen LogP contribution is -2.45. The summed E-state index contributed by atoms with van der Waals surface area (Å²) in [7, 11) is 0. The molecule has 6 heteroatoms. The number of nitrogens with zero attached hydrogens (tertiary/aromatic N) is 1. The van der Waals surface area contributed by atoms with Crippen molar-refractivity contribution in [3.63, 3.8) is 0 Å². The first-order valence-corrected chi connectivity index (χ1v) is 9.21. The maximum Gasteiger partial charge on any atom is 0.231 e. The third-order valence-electron chi connectivity index (χ3n) is 4.48. The van der Waals surface area contributed by atoms with E-state index in [-0.39, 0.29) is 24.5 Å². The van der Waals surface area contributed by atoms with Crippen molar-refractivity contribution in [2.75, 3.05) is 11.9 Å². The Morgan fingerprint density at radius 3 is 2.71 bits per heavy atom. The molecule has 1 aliphatic carbocycles. The van der Waals surface area contributed by atoms with Crippen LogP contribution < -0.4 is 10.6 Å². The molecule has 0 aliphatic heterocycles. The maximum atomic E-state index is 12.1. The van der Waals surface area contributed by atoms with Gasteiger partial charge in [-0.2, -0.15) is 0 Å². The third-order valence-corrected chi connectivity index (χ3v) is 5.37. The lowest BCUT2D eigenvalue weighted by molar-refractivity contribution is -0.115. The standard InChI is InChI=1S/C18H23N3O2S/c22-13-18(8-4-5-9-18)19-11-15-12-24-17(21-15)10-16(23)20-14-6-2-1-3-7-14/h1-3,6-7,12,19,22H,4-5,8-11,13H2,(H,20,23). The van der Waals surface area contributed by atoms with Crippen LogP contribution in [0, 0.1) is 0 Å². The molecule has 1 aromatic heterocycles. The van der Waals surface area contributed by atoms with E-state index in [1.165, 1.54) is 11.3 Å². The number of carbonyl (C=O) groups is 1. The summed E-state index contributed by atoms with van der Waals surface area (Å²) < 4.78 is 0. The molecule has 24 heavy (non-hydrogen) atoms. The minimum Gasteiger partial charge on any atom is -0.394 e. The van der Waals surface area contributed by atoms with Crippen molar-refractivity contribution in [2.24, 2.45) is 0 Å². The summed E-state index contributed by atoms with van der Waals surface area (Å²) in [4.78, 5) is 16.6. The van der Waals surface area contributed by atoms with E-state index in [9.17, 15) is 9.90 Å². The number of para-hydroxylation sites is 1. The second-order valence-corrected chi connectivity index (χ2v) is 7.27. The second kappa shape index (κ2) is 7.88. The molecule has 2 aromatic rings. The van der Waals surface area contributed by atoms with Crippen molar-refractivity contribution in [1.29, 1.82) is 0 Å². The van der Waals surface area contributed by atoms with Crippen LogP contribution in [0.3, 0.4) is 0 Å². The van der Waals surface area contributed by atoms with E-state index in [1.54, 1.807) is 0 Å². The van der Waals surface area contributed by atoms with Gasteiger partial charge in [0.05, 0.1) is 18.7 Å². The number of nitrogens with one attached hydrogen (secondary N) is 2. The largest absolute Gasteiger partial charge is 0.394 e. The van der Waals surface area contributed by atoms with Crippen molar-refractivity contribution >= 4 is 22.9 Å². The summed E-state index contributed by atoms with van der Waals surface area (Å²) in [5.74, 6) is -0.0577. The predicted octanol–water partition coefficient (Wildman–Crippen LogP) is 2.72. The van der Waals surface area contributed by atoms with E-state index in [2.05, 4.69) is 15.6 Å². The van der Waals surface area contributed by atoms with Crippen LogP contribution in [0.5, 0.6) is 0 Å². The Bertz CT molecular complexity index is 666. The molecule has 0 bridgehead atoms. The van der Waals surface area contributed by atoms with Gasteiger partial charge < -0.3 is 15.7 Å². The minimum atomic E-state index is -0.144. The maximum absolute atomic E-state index is 12.1. The van der Waals surface area contributed by atoms with E-state index < -0.39 is 0 Å². The number of anilines is 1. The smallest absolute Gasteiger partial charge is 0.231 e. The number of hydrogen-bond donors (Lipinski definition) is 3. The Morgan fingerprint density at radius 1 is 1.25 bits per heavy atom. The van der Waals surface area contributed by atoms with Gasteiger partial charge in [-0.3, -0.25) is 4.79 Å². The quantitative estimate of drug-likeness (QED) is 0.721. The fourth-order valence-corrected chi connectivity index (χ4v) is 3.89. The highest BCUT2D eigenvalue weighted by Crippen LogP contribution is 2.29. The lowest BCUT2D eigenvalue weighted by atomic mass is 9.99. The number of carbonyl (C=O) groups excluding carboxylic acids is 1. The van der Waals surface area contributed by atoms with Crippen LogP contribution >= 0.6 is 11.3 Å². The lowest BCUT2D eigenvalue weighted by Gasteiger charge is -2.27. The van der Waals surface area contributed by atoms with E-state index in [1.807, 2.05) is 35.7 Å². The molecule has 5 nitrogen and oxygen atoms in total. The van der Waals surface area contributed by atoms with Crippen molar-refractivity contribution in [3.8, 4) is 0 Å². The number of benzene rings is 1. The van der Waals surface area contributed by atoms with Crippen molar-refractivity contribution in [2.45, 2.75) is 44.2 Å². The number of aliphatic hydroxyl groups excluding tert-OH is 1. The molecule has 1 aromatic carbocycles. The number of hydrogen-bond acceptors (Lipinski definition) is 5. The zero-order valence-electron chi connectivity index (χ0n) is 13.6. The molecule has 1 saturated carbocycles. The summed E-state index contributed by atoms with van der Waals surface area (Å²) in [5.41, 5.74) is 1.59. The molecule has 3 rings (SSSR count). The Hall–Kier alpha value is -1.76. The molecule has 0 radical (unpaired) electrons. The van der Waals surface area contributed by atoms with Gasteiger partial charge >= 0.3 is 0 Å². The summed E-state index contributed by atoms with van der Waals surface area (Å²) in [6.45, 7) is 0.806. The Kier molecular flexibility index (Phi) is 5.60. The molecule has 128 valence electrons. The summed E-state index contributed by atoms with van der Waals surface area (Å²) in [6, 6.07) is 9.43.